The Morgan fingerprint density at radius 3 is 2.67 bits per heavy atom. The highest BCUT2D eigenvalue weighted by Crippen LogP contribution is 2.26. The van der Waals surface area contributed by atoms with E-state index in [9.17, 15) is 0 Å². The molecule has 0 amide bonds. The first kappa shape index (κ1) is 12.5. The lowest BCUT2D eigenvalue weighted by molar-refractivity contribution is 0.986. The number of aromatic nitrogens is 2. The minimum Gasteiger partial charge on any atom is -0.328 e. The van der Waals surface area contributed by atoms with E-state index in [1.54, 1.807) is 6.20 Å². The Labute approximate surface area is 107 Å². The van der Waals surface area contributed by atoms with Gasteiger partial charge >= 0.3 is 0 Å². The molecule has 0 fully saturated rings. The summed E-state index contributed by atoms with van der Waals surface area (Å²) >= 11 is 0. The molecule has 0 aliphatic rings. The molecule has 0 bridgehead atoms. The molecule has 4 heteroatoms. The van der Waals surface area contributed by atoms with Crippen LogP contribution in [0.1, 0.15) is 17.0 Å². The number of nitrogens with two attached hydrogens (primary N) is 1. The van der Waals surface area contributed by atoms with Crippen molar-refractivity contribution < 1.29 is 0 Å². The van der Waals surface area contributed by atoms with Gasteiger partial charge in [-0.2, -0.15) is 0 Å². The zero-order valence-corrected chi connectivity index (χ0v) is 11.0. The van der Waals surface area contributed by atoms with Gasteiger partial charge in [-0.3, -0.25) is 4.98 Å². The summed E-state index contributed by atoms with van der Waals surface area (Å²) in [5.41, 5.74) is 9.77. The van der Waals surface area contributed by atoms with Gasteiger partial charge in [-0.25, -0.2) is 4.98 Å². The molecule has 0 saturated carbocycles. The van der Waals surface area contributed by atoms with Crippen molar-refractivity contribution in [2.24, 2.45) is 5.73 Å². The van der Waals surface area contributed by atoms with Crippen molar-refractivity contribution in [2.75, 3.05) is 11.9 Å². The summed E-state index contributed by atoms with van der Waals surface area (Å²) in [4.78, 5) is 10.9. The van der Waals surface area contributed by atoms with Crippen molar-refractivity contribution in [2.45, 2.75) is 20.4 Å². The standard InChI is InChI=1S/C14H18N4/c1-10-9-16-11(2)14(17-10)18(3)13-7-5-4-6-12(13)8-15/h4-7,9H,8,15H2,1-3H3. The third-order valence-corrected chi connectivity index (χ3v) is 2.94. The summed E-state index contributed by atoms with van der Waals surface area (Å²) in [6.07, 6.45) is 1.78. The molecule has 4 nitrogen and oxygen atoms in total. The fourth-order valence-corrected chi connectivity index (χ4v) is 1.97. The number of aryl methyl sites for hydroxylation is 2. The van der Waals surface area contributed by atoms with E-state index in [4.69, 9.17) is 5.73 Å². The maximum Gasteiger partial charge on any atom is 0.154 e. The van der Waals surface area contributed by atoms with Crippen LogP contribution in [-0.2, 0) is 6.54 Å². The van der Waals surface area contributed by atoms with Crippen LogP contribution in [0.4, 0.5) is 11.5 Å². The van der Waals surface area contributed by atoms with Gasteiger partial charge in [0, 0.05) is 25.5 Å². The highest BCUT2D eigenvalue weighted by atomic mass is 15.2. The van der Waals surface area contributed by atoms with Gasteiger partial charge in [0.2, 0.25) is 0 Å². The van der Waals surface area contributed by atoms with Gasteiger partial charge in [0.25, 0.3) is 0 Å². The summed E-state index contributed by atoms with van der Waals surface area (Å²) in [7, 11) is 1.99. The van der Waals surface area contributed by atoms with E-state index in [-0.39, 0.29) is 0 Å². The van der Waals surface area contributed by atoms with Gasteiger partial charge in [-0.05, 0) is 25.5 Å². The summed E-state index contributed by atoms with van der Waals surface area (Å²) in [6.45, 7) is 4.42. The Bertz CT molecular complexity index is 551. The molecule has 94 valence electrons. The lowest BCUT2D eigenvalue weighted by Gasteiger charge is -2.22. The number of para-hydroxylation sites is 1. The predicted molar refractivity (Wildman–Crippen MR) is 73.9 cm³/mol. The van der Waals surface area contributed by atoms with Crippen LogP contribution in [0.25, 0.3) is 0 Å². The van der Waals surface area contributed by atoms with Crippen LogP contribution >= 0.6 is 0 Å². The molecule has 0 aliphatic carbocycles. The van der Waals surface area contributed by atoms with Gasteiger partial charge in [0.1, 0.15) is 0 Å². The molecule has 0 atom stereocenters. The van der Waals surface area contributed by atoms with Gasteiger partial charge in [-0.15, -0.1) is 0 Å². The van der Waals surface area contributed by atoms with E-state index < -0.39 is 0 Å². The first-order valence-corrected chi connectivity index (χ1v) is 5.95. The minimum absolute atomic E-state index is 0.513. The average molecular weight is 242 g/mol. The Hall–Kier alpha value is -1.94. The number of benzene rings is 1. The Morgan fingerprint density at radius 1 is 1.22 bits per heavy atom. The van der Waals surface area contributed by atoms with Crippen molar-refractivity contribution in [3.63, 3.8) is 0 Å². The zero-order chi connectivity index (χ0) is 13.1. The second-order valence-corrected chi connectivity index (χ2v) is 4.31. The lowest BCUT2D eigenvalue weighted by atomic mass is 10.1. The lowest BCUT2D eigenvalue weighted by Crippen LogP contribution is -2.16. The molecule has 1 aromatic heterocycles. The summed E-state index contributed by atoms with van der Waals surface area (Å²) in [5, 5.41) is 0. The van der Waals surface area contributed by atoms with Crippen LogP contribution in [-0.4, -0.2) is 17.0 Å². The third-order valence-electron chi connectivity index (χ3n) is 2.94. The topological polar surface area (TPSA) is 55.0 Å². The van der Waals surface area contributed by atoms with E-state index >= 15 is 0 Å². The van der Waals surface area contributed by atoms with E-state index in [0.29, 0.717) is 6.54 Å². The molecule has 0 spiro atoms. The Kier molecular flexibility index (Phi) is 3.58. The second kappa shape index (κ2) is 5.14. The minimum atomic E-state index is 0.513. The van der Waals surface area contributed by atoms with Crippen molar-refractivity contribution in [3.05, 3.63) is 47.4 Å². The van der Waals surface area contributed by atoms with E-state index in [1.165, 1.54) is 0 Å². The number of hydrogen-bond donors (Lipinski definition) is 1. The van der Waals surface area contributed by atoms with E-state index in [1.807, 2.05) is 50.1 Å². The van der Waals surface area contributed by atoms with Gasteiger partial charge in [0.15, 0.2) is 5.82 Å². The molecule has 0 saturated heterocycles. The highest BCUT2D eigenvalue weighted by molar-refractivity contribution is 5.64. The van der Waals surface area contributed by atoms with E-state index in [0.717, 1.165) is 28.5 Å². The van der Waals surface area contributed by atoms with Crippen LogP contribution in [0, 0.1) is 13.8 Å². The van der Waals surface area contributed by atoms with Crippen molar-refractivity contribution in [3.8, 4) is 0 Å². The van der Waals surface area contributed by atoms with Crippen LogP contribution in [0.5, 0.6) is 0 Å². The summed E-state index contributed by atoms with van der Waals surface area (Å²) in [5.74, 6) is 0.871. The normalized spacial score (nSPS) is 10.4. The number of hydrogen-bond acceptors (Lipinski definition) is 4. The fraction of sp³-hybridized carbons (Fsp3) is 0.286. The maximum absolute atomic E-state index is 5.77. The SMILES string of the molecule is Cc1cnc(C)c(N(C)c2ccccc2CN)n1. The first-order chi connectivity index (χ1) is 8.63. The molecule has 1 heterocycles. The number of anilines is 2. The molecule has 2 aromatic rings. The predicted octanol–water partition coefficient (Wildman–Crippen LogP) is 2.32. The Balaban J connectivity index is 2.47. The quantitative estimate of drug-likeness (QED) is 0.897. The molecule has 2 N–H and O–H groups in total. The van der Waals surface area contributed by atoms with Gasteiger partial charge in [0.05, 0.1) is 11.4 Å². The fourth-order valence-electron chi connectivity index (χ4n) is 1.97. The van der Waals surface area contributed by atoms with Crippen LogP contribution < -0.4 is 10.6 Å². The van der Waals surface area contributed by atoms with Gasteiger partial charge < -0.3 is 10.6 Å². The molecular weight excluding hydrogens is 224 g/mol. The second-order valence-electron chi connectivity index (χ2n) is 4.31. The smallest absolute Gasteiger partial charge is 0.154 e. The van der Waals surface area contributed by atoms with Crippen molar-refractivity contribution >= 4 is 11.5 Å². The summed E-state index contributed by atoms with van der Waals surface area (Å²) < 4.78 is 0. The molecule has 18 heavy (non-hydrogen) atoms. The zero-order valence-electron chi connectivity index (χ0n) is 11.0. The van der Waals surface area contributed by atoms with Gasteiger partial charge in [-0.1, -0.05) is 18.2 Å². The van der Waals surface area contributed by atoms with E-state index in [2.05, 4.69) is 9.97 Å². The largest absolute Gasteiger partial charge is 0.328 e. The first-order valence-electron chi connectivity index (χ1n) is 5.95. The van der Waals surface area contributed by atoms with Crippen LogP contribution in [0.3, 0.4) is 0 Å². The molecule has 2 rings (SSSR count). The van der Waals surface area contributed by atoms with Crippen molar-refractivity contribution in [1.29, 1.82) is 0 Å². The molecule has 0 unspecified atom stereocenters. The Morgan fingerprint density at radius 2 is 1.94 bits per heavy atom. The third kappa shape index (κ3) is 2.33. The molecule has 0 radical (unpaired) electrons. The number of rotatable bonds is 3. The highest BCUT2D eigenvalue weighted by Gasteiger charge is 2.12. The molecular formula is C14H18N4. The van der Waals surface area contributed by atoms with Crippen LogP contribution in [0.2, 0.25) is 0 Å². The monoisotopic (exact) mass is 242 g/mol. The van der Waals surface area contributed by atoms with Crippen LogP contribution in [0.15, 0.2) is 30.5 Å². The average Bonchev–Trinajstić information content (AvgIpc) is 2.40. The maximum atomic E-state index is 5.77. The molecule has 0 aliphatic heterocycles. The number of nitrogens with zero attached hydrogens (tertiary/aromatic N) is 3. The molecule has 1 aromatic carbocycles. The van der Waals surface area contributed by atoms with Crippen molar-refractivity contribution in [1.82, 2.24) is 9.97 Å². The summed E-state index contributed by atoms with van der Waals surface area (Å²) in [6, 6.07) is 8.08.